The van der Waals surface area contributed by atoms with E-state index in [9.17, 15) is 9.35 Å². The number of hydrogen-bond donors (Lipinski definition) is 1. The van der Waals surface area contributed by atoms with Gasteiger partial charge in [-0.1, -0.05) is 18.2 Å². The average Bonchev–Trinajstić information content (AvgIpc) is 3.03. The van der Waals surface area contributed by atoms with Gasteiger partial charge in [0, 0.05) is 17.6 Å². The fraction of sp³-hybridized carbons (Fsp3) is 0.316. The Bertz CT molecular complexity index is 925. The number of hydrogen-bond acceptors (Lipinski definition) is 3. The lowest BCUT2D eigenvalue weighted by Crippen LogP contribution is -2.42. The highest BCUT2D eigenvalue weighted by atomic mass is 32.2. The topological polar surface area (TPSA) is 61.5 Å². The number of nitrogens with zero attached hydrogens (tertiary/aromatic N) is 2. The van der Waals surface area contributed by atoms with E-state index in [4.69, 9.17) is 0 Å². The van der Waals surface area contributed by atoms with Crippen LogP contribution in [0.1, 0.15) is 39.4 Å². The van der Waals surface area contributed by atoms with Crippen molar-refractivity contribution in [3.63, 3.8) is 0 Å². The first kappa shape index (κ1) is 17.8. The molecule has 2 aromatic heterocycles. The van der Waals surface area contributed by atoms with Gasteiger partial charge in [0.05, 0.1) is 22.9 Å². The molecule has 0 aliphatic rings. The zero-order chi connectivity index (χ0) is 18.2. The summed E-state index contributed by atoms with van der Waals surface area (Å²) in [5, 5.41) is 0. The molecule has 2 unspecified atom stereocenters. The van der Waals surface area contributed by atoms with Crippen LogP contribution in [-0.4, -0.2) is 18.3 Å². The van der Waals surface area contributed by atoms with Crippen LogP contribution in [0.5, 0.6) is 0 Å². The van der Waals surface area contributed by atoms with Gasteiger partial charge in [-0.05, 0) is 58.0 Å². The first-order valence-electron chi connectivity index (χ1n) is 8.25. The molecule has 3 aromatic rings. The Morgan fingerprint density at radius 3 is 2.44 bits per heavy atom. The van der Waals surface area contributed by atoms with Crippen molar-refractivity contribution in [1.29, 1.82) is 0 Å². The van der Waals surface area contributed by atoms with Crippen molar-refractivity contribution < 1.29 is 4.55 Å². The molecule has 0 saturated carbocycles. The van der Waals surface area contributed by atoms with Gasteiger partial charge in [0.15, 0.2) is 0 Å². The summed E-state index contributed by atoms with van der Waals surface area (Å²) in [6.07, 6.45) is 1.76. The van der Waals surface area contributed by atoms with E-state index in [0.29, 0.717) is 0 Å². The third-order valence-corrected chi connectivity index (χ3v) is 5.71. The van der Waals surface area contributed by atoms with Gasteiger partial charge in [-0.15, -0.1) is 4.72 Å². The van der Waals surface area contributed by atoms with Gasteiger partial charge in [-0.25, -0.2) is 4.79 Å². The summed E-state index contributed by atoms with van der Waals surface area (Å²) in [6.45, 7) is 7.69. The van der Waals surface area contributed by atoms with Crippen molar-refractivity contribution in [3.05, 3.63) is 70.9 Å². The van der Waals surface area contributed by atoms with E-state index < -0.39 is 11.4 Å². The Kier molecular flexibility index (Phi) is 4.77. The van der Waals surface area contributed by atoms with Gasteiger partial charge in [0.1, 0.15) is 4.75 Å². The zero-order valence-electron chi connectivity index (χ0n) is 14.9. The second kappa shape index (κ2) is 6.71. The molecule has 2 heterocycles. The quantitative estimate of drug-likeness (QED) is 0.730. The first-order valence-corrected chi connectivity index (χ1v) is 9.40. The van der Waals surface area contributed by atoms with E-state index in [1.165, 1.54) is 0 Å². The Labute approximate surface area is 150 Å². The largest absolute Gasteiger partial charge is 0.598 e. The van der Waals surface area contributed by atoms with Gasteiger partial charge in [0.25, 0.3) is 0 Å². The second-order valence-corrected chi connectivity index (χ2v) is 9.04. The van der Waals surface area contributed by atoms with Crippen LogP contribution < -0.4 is 10.4 Å². The van der Waals surface area contributed by atoms with Crippen LogP contribution in [0.2, 0.25) is 0 Å². The molecule has 0 aliphatic carbocycles. The predicted molar refractivity (Wildman–Crippen MR) is 102 cm³/mol. The Morgan fingerprint density at radius 1 is 1.12 bits per heavy atom. The van der Waals surface area contributed by atoms with E-state index in [-0.39, 0.29) is 16.5 Å². The van der Waals surface area contributed by atoms with Crippen LogP contribution in [0.4, 0.5) is 0 Å². The van der Waals surface area contributed by atoms with Crippen LogP contribution in [0.25, 0.3) is 11.2 Å². The summed E-state index contributed by atoms with van der Waals surface area (Å²) in [5.41, 5.74) is 2.24. The van der Waals surface area contributed by atoms with Crippen molar-refractivity contribution in [2.45, 2.75) is 38.5 Å². The van der Waals surface area contributed by atoms with Crippen LogP contribution in [0.3, 0.4) is 0 Å². The molecule has 0 amide bonds. The van der Waals surface area contributed by atoms with Crippen LogP contribution >= 0.6 is 0 Å². The lowest BCUT2D eigenvalue weighted by molar-refractivity contribution is 0.525. The molecule has 0 fully saturated rings. The minimum absolute atomic E-state index is 0.140. The maximum Gasteiger partial charge on any atom is 0.337 e. The highest BCUT2D eigenvalue weighted by Gasteiger charge is 2.29. The molecule has 0 saturated heterocycles. The van der Waals surface area contributed by atoms with Gasteiger partial charge < -0.3 is 4.55 Å². The number of para-hydroxylation sites is 1. The number of aromatic nitrogens is 2. The molecule has 0 radical (unpaired) electrons. The smallest absolute Gasteiger partial charge is 0.337 e. The summed E-state index contributed by atoms with van der Waals surface area (Å²) in [5.74, 6) is 0. The van der Waals surface area contributed by atoms with Gasteiger partial charge in [-0.3, -0.25) is 8.97 Å². The predicted octanol–water partition coefficient (Wildman–Crippen LogP) is 3.20. The molecule has 0 aliphatic heterocycles. The summed E-state index contributed by atoms with van der Waals surface area (Å²) < 4.78 is 18.5. The third kappa shape index (κ3) is 3.51. The Morgan fingerprint density at radius 2 is 1.80 bits per heavy atom. The lowest BCUT2D eigenvalue weighted by Gasteiger charge is -2.27. The van der Waals surface area contributed by atoms with Crippen molar-refractivity contribution >= 4 is 16.9 Å². The summed E-state index contributed by atoms with van der Waals surface area (Å²) in [7, 11) is 0. The average molecular weight is 357 g/mol. The number of benzene rings is 1. The lowest BCUT2D eigenvalue weighted by atomic mass is 10.2. The number of nitrogens with one attached hydrogen (secondary N) is 1. The molecule has 2 atom stereocenters. The molecule has 0 bridgehead atoms. The van der Waals surface area contributed by atoms with Crippen LogP contribution in [0, 0.1) is 0 Å². The third-order valence-electron chi connectivity index (χ3n) is 4.03. The fourth-order valence-corrected chi connectivity index (χ4v) is 3.47. The minimum atomic E-state index is -1.24. The van der Waals surface area contributed by atoms with E-state index in [0.717, 1.165) is 16.9 Å². The SMILES string of the molecule is CC(N[S+]([O-])C(C)(C)C)c1cc2cccn2c(=O)n1-c1ccccc1. The van der Waals surface area contributed by atoms with Crippen LogP contribution in [-0.2, 0) is 11.4 Å². The van der Waals surface area contributed by atoms with Crippen molar-refractivity contribution in [3.8, 4) is 5.69 Å². The minimum Gasteiger partial charge on any atom is -0.598 e. The standard InChI is InChI=1S/C19H23N3O2S/c1-14(20-25(24)19(2,3)4)17-13-16-11-8-12-21(16)18(23)22(17)15-9-6-5-7-10-15/h5-14,20H,1-4H3. The van der Waals surface area contributed by atoms with Gasteiger partial charge in [0.2, 0.25) is 0 Å². The van der Waals surface area contributed by atoms with Crippen molar-refractivity contribution in [2.75, 3.05) is 0 Å². The van der Waals surface area contributed by atoms with Gasteiger partial charge >= 0.3 is 5.69 Å². The number of fused-ring (bicyclic) bond motifs is 1. The second-order valence-electron chi connectivity index (χ2n) is 7.05. The monoisotopic (exact) mass is 357 g/mol. The van der Waals surface area contributed by atoms with Gasteiger partial charge in [-0.2, -0.15) is 0 Å². The fourth-order valence-electron chi connectivity index (χ4n) is 2.67. The molecule has 1 aromatic carbocycles. The molecule has 132 valence electrons. The molecular formula is C19H23N3O2S. The molecular weight excluding hydrogens is 334 g/mol. The highest BCUT2D eigenvalue weighted by Crippen LogP contribution is 2.22. The summed E-state index contributed by atoms with van der Waals surface area (Å²) >= 11 is -1.24. The van der Waals surface area contributed by atoms with E-state index >= 15 is 0 Å². The molecule has 1 N–H and O–H groups in total. The summed E-state index contributed by atoms with van der Waals surface area (Å²) in [4.78, 5) is 13.0. The first-order chi connectivity index (χ1) is 11.8. The molecule has 5 nitrogen and oxygen atoms in total. The molecule has 0 spiro atoms. The summed E-state index contributed by atoms with van der Waals surface area (Å²) in [6, 6.07) is 15.0. The highest BCUT2D eigenvalue weighted by molar-refractivity contribution is 7.90. The Balaban J connectivity index is 2.15. The van der Waals surface area contributed by atoms with Crippen LogP contribution in [0.15, 0.2) is 59.5 Å². The van der Waals surface area contributed by atoms with E-state index in [1.807, 2.05) is 76.2 Å². The maximum absolute atomic E-state index is 13.0. The van der Waals surface area contributed by atoms with E-state index in [2.05, 4.69) is 4.72 Å². The maximum atomic E-state index is 13.0. The molecule has 6 heteroatoms. The number of rotatable bonds is 4. The van der Waals surface area contributed by atoms with Crippen molar-refractivity contribution in [2.24, 2.45) is 0 Å². The van der Waals surface area contributed by atoms with Crippen molar-refractivity contribution in [1.82, 2.24) is 13.7 Å². The molecule has 25 heavy (non-hydrogen) atoms. The molecule has 3 rings (SSSR count). The normalized spacial score (nSPS) is 14.6. The Hall–Kier alpha value is -2.02. The van der Waals surface area contributed by atoms with E-state index in [1.54, 1.807) is 15.2 Å². The zero-order valence-corrected chi connectivity index (χ0v) is 15.7.